The molecular weight excluding hydrogens is 410 g/mol. The second-order valence-electron chi connectivity index (χ2n) is 6.70. The van der Waals surface area contributed by atoms with Gasteiger partial charge in [0.1, 0.15) is 11.5 Å². The number of sulfonamides is 1. The van der Waals surface area contributed by atoms with Crippen LogP contribution < -0.4 is 9.47 Å². The first-order valence-electron chi connectivity index (χ1n) is 9.39. The number of hydrogen-bond donors (Lipinski definition) is 0. The molecule has 1 saturated heterocycles. The molecule has 3 rings (SSSR count). The highest BCUT2D eigenvalue weighted by Gasteiger charge is 2.28. The second-order valence-corrected chi connectivity index (χ2v) is 8.64. The summed E-state index contributed by atoms with van der Waals surface area (Å²) < 4.78 is 42.2. The summed E-state index contributed by atoms with van der Waals surface area (Å²) in [6.07, 6.45) is 1.63. The van der Waals surface area contributed by atoms with Crippen molar-refractivity contribution in [2.24, 2.45) is 0 Å². The molecule has 1 heterocycles. The van der Waals surface area contributed by atoms with Gasteiger partial charge in [-0.25, -0.2) is 13.2 Å². The molecule has 0 aromatic heterocycles. The van der Waals surface area contributed by atoms with Crippen LogP contribution in [-0.2, 0) is 14.8 Å². The molecule has 0 saturated carbocycles. The fourth-order valence-electron chi connectivity index (χ4n) is 3.19. The fourth-order valence-corrected chi connectivity index (χ4v) is 4.75. The number of ketones is 1. The van der Waals surface area contributed by atoms with E-state index in [-0.39, 0.29) is 16.0 Å². The van der Waals surface area contributed by atoms with E-state index in [1.165, 1.54) is 48.9 Å². The summed E-state index contributed by atoms with van der Waals surface area (Å²) in [7, 11) is -0.759. The van der Waals surface area contributed by atoms with Crippen LogP contribution >= 0.6 is 0 Å². The van der Waals surface area contributed by atoms with Gasteiger partial charge in [-0.05, 0) is 49.2 Å². The largest absolute Gasteiger partial charge is 0.497 e. The molecule has 1 aliphatic rings. The Bertz CT molecular complexity index is 1040. The van der Waals surface area contributed by atoms with Crippen molar-refractivity contribution in [1.29, 1.82) is 0 Å². The zero-order valence-corrected chi connectivity index (χ0v) is 17.6. The van der Waals surface area contributed by atoms with Crippen LogP contribution in [0.15, 0.2) is 47.4 Å². The lowest BCUT2D eigenvalue weighted by Gasteiger charge is -2.16. The summed E-state index contributed by atoms with van der Waals surface area (Å²) in [6, 6.07) is 10.4. The Morgan fingerprint density at radius 1 is 1.00 bits per heavy atom. The molecule has 9 heteroatoms. The van der Waals surface area contributed by atoms with Gasteiger partial charge in [-0.1, -0.05) is 6.07 Å². The van der Waals surface area contributed by atoms with Crippen molar-refractivity contribution in [3.8, 4) is 11.5 Å². The van der Waals surface area contributed by atoms with Crippen LogP contribution in [0.1, 0.15) is 33.6 Å². The molecule has 2 aromatic rings. The lowest BCUT2D eigenvalue weighted by Crippen LogP contribution is -2.28. The molecule has 2 aromatic carbocycles. The van der Waals surface area contributed by atoms with Crippen molar-refractivity contribution in [1.82, 2.24) is 4.31 Å². The van der Waals surface area contributed by atoms with Gasteiger partial charge in [-0.2, -0.15) is 4.31 Å². The van der Waals surface area contributed by atoms with Crippen molar-refractivity contribution < 1.29 is 32.2 Å². The molecule has 0 atom stereocenters. The zero-order chi connectivity index (χ0) is 21.7. The van der Waals surface area contributed by atoms with Crippen molar-refractivity contribution in [3.05, 3.63) is 53.6 Å². The van der Waals surface area contributed by atoms with Gasteiger partial charge in [-0.3, -0.25) is 4.79 Å². The lowest BCUT2D eigenvalue weighted by molar-refractivity contribution is 0.0473. The van der Waals surface area contributed by atoms with E-state index in [0.29, 0.717) is 24.6 Å². The maximum absolute atomic E-state index is 12.7. The van der Waals surface area contributed by atoms with Gasteiger partial charge in [0.15, 0.2) is 6.61 Å². The van der Waals surface area contributed by atoms with Crippen LogP contribution in [0.5, 0.6) is 11.5 Å². The molecule has 160 valence electrons. The van der Waals surface area contributed by atoms with Crippen molar-refractivity contribution in [3.63, 3.8) is 0 Å². The minimum Gasteiger partial charge on any atom is -0.497 e. The van der Waals surface area contributed by atoms with E-state index in [4.69, 9.17) is 14.2 Å². The molecule has 0 spiro atoms. The summed E-state index contributed by atoms with van der Waals surface area (Å²) in [5, 5.41) is 0. The molecule has 30 heavy (non-hydrogen) atoms. The van der Waals surface area contributed by atoms with Crippen LogP contribution in [0, 0.1) is 0 Å². The molecule has 0 aliphatic carbocycles. The van der Waals surface area contributed by atoms with Gasteiger partial charge >= 0.3 is 5.97 Å². The molecule has 0 unspecified atom stereocenters. The first-order valence-corrected chi connectivity index (χ1v) is 10.8. The number of esters is 1. The van der Waals surface area contributed by atoms with E-state index in [0.717, 1.165) is 12.8 Å². The average molecular weight is 433 g/mol. The number of carbonyl (C=O) groups is 2. The first kappa shape index (κ1) is 21.8. The van der Waals surface area contributed by atoms with Crippen molar-refractivity contribution in [2.75, 3.05) is 33.9 Å². The van der Waals surface area contributed by atoms with E-state index in [2.05, 4.69) is 0 Å². The number of hydrogen-bond acceptors (Lipinski definition) is 7. The predicted octanol–water partition coefficient (Wildman–Crippen LogP) is 2.53. The number of Topliss-reactive ketones (excluding diaryl/α,β-unsaturated/α-hetero) is 1. The van der Waals surface area contributed by atoms with Crippen molar-refractivity contribution in [2.45, 2.75) is 17.7 Å². The smallest absolute Gasteiger partial charge is 0.338 e. The number of methoxy groups -OCH3 is 2. The van der Waals surface area contributed by atoms with E-state index < -0.39 is 28.4 Å². The monoisotopic (exact) mass is 433 g/mol. The summed E-state index contributed by atoms with van der Waals surface area (Å²) in [5.74, 6) is -0.468. The molecule has 1 fully saturated rings. The third-order valence-corrected chi connectivity index (χ3v) is 6.71. The summed E-state index contributed by atoms with van der Waals surface area (Å²) in [6.45, 7) is 0.410. The van der Waals surface area contributed by atoms with Crippen LogP contribution in [0.2, 0.25) is 0 Å². The second kappa shape index (κ2) is 9.27. The molecule has 1 aliphatic heterocycles. The molecule has 0 N–H and O–H groups in total. The number of nitrogens with zero attached hydrogens (tertiary/aromatic N) is 1. The Morgan fingerprint density at radius 3 is 2.40 bits per heavy atom. The van der Waals surface area contributed by atoms with Gasteiger partial charge < -0.3 is 14.2 Å². The third-order valence-electron chi connectivity index (χ3n) is 4.81. The lowest BCUT2D eigenvalue weighted by atomic mass is 10.1. The number of benzene rings is 2. The first-order chi connectivity index (χ1) is 14.4. The Labute approximate surface area is 175 Å². The Balaban J connectivity index is 1.72. The predicted molar refractivity (Wildman–Crippen MR) is 109 cm³/mol. The van der Waals surface area contributed by atoms with Crippen LogP contribution in [0.25, 0.3) is 0 Å². The molecule has 8 nitrogen and oxygen atoms in total. The Hall–Kier alpha value is -2.91. The minimum absolute atomic E-state index is 0.0274. The number of carbonyl (C=O) groups excluding carboxylic acids is 2. The minimum atomic E-state index is -3.66. The highest BCUT2D eigenvalue weighted by Crippen LogP contribution is 2.25. The summed E-state index contributed by atoms with van der Waals surface area (Å²) >= 11 is 0. The zero-order valence-electron chi connectivity index (χ0n) is 16.8. The van der Waals surface area contributed by atoms with E-state index in [1.54, 1.807) is 12.1 Å². The fraction of sp³-hybridized carbons (Fsp3) is 0.333. The quantitative estimate of drug-likeness (QED) is 0.466. The molecule has 0 bridgehead atoms. The standard InChI is InChI=1S/C21H23NO7S/c1-27-16-8-9-20(28-2)18(13-16)19(23)14-29-21(24)15-6-5-7-17(12-15)30(25,26)22-10-3-4-11-22/h5-9,12-13H,3-4,10-11,14H2,1-2H3. The Morgan fingerprint density at radius 2 is 1.73 bits per heavy atom. The van der Waals surface area contributed by atoms with Gasteiger partial charge in [0.25, 0.3) is 0 Å². The highest BCUT2D eigenvalue weighted by atomic mass is 32.2. The van der Waals surface area contributed by atoms with Crippen molar-refractivity contribution >= 4 is 21.8 Å². The van der Waals surface area contributed by atoms with E-state index in [1.807, 2.05) is 0 Å². The van der Waals surface area contributed by atoms with E-state index >= 15 is 0 Å². The number of ether oxygens (including phenoxy) is 3. The molecule has 0 amide bonds. The average Bonchev–Trinajstić information content (AvgIpc) is 3.32. The van der Waals surface area contributed by atoms with Gasteiger partial charge in [0.05, 0.1) is 30.2 Å². The topological polar surface area (TPSA) is 99.2 Å². The molecule has 0 radical (unpaired) electrons. The summed E-state index contributed by atoms with van der Waals surface area (Å²) in [5.41, 5.74) is 0.274. The normalized spacial score (nSPS) is 14.3. The van der Waals surface area contributed by atoms with Gasteiger partial charge in [0, 0.05) is 13.1 Å². The van der Waals surface area contributed by atoms with Gasteiger partial charge in [0.2, 0.25) is 15.8 Å². The SMILES string of the molecule is COc1ccc(OC)c(C(=O)COC(=O)c2cccc(S(=O)(=O)N3CCCC3)c2)c1. The van der Waals surface area contributed by atoms with E-state index in [9.17, 15) is 18.0 Å². The highest BCUT2D eigenvalue weighted by molar-refractivity contribution is 7.89. The number of rotatable bonds is 8. The maximum Gasteiger partial charge on any atom is 0.338 e. The van der Waals surface area contributed by atoms with Crippen LogP contribution in [0.4, 0.5) is 0 Å². The third kappa shape index (κ3) is 4.63. The summed E-state index contributed by atoms with van der Waals surface area (Å²) in [4.78, 5) is 25.0. The van der Waals surface area contributed by atoms with Crippen LogP contribution in [0.3, 0.4) is 0 Å². The Kier molecular flexibility index (Phi) is 6.73. The van der Waals surface area contributed by atoms with Crippen LogP contribution in [-0.4, -0.2) is 58.4 Å². The molecular formula is C21H23NO7S. The van der Waals surface area contributed by atoms with Gasteiger partial charge in [-0.15, -0.1) is 0 Å². The maximum atomic E-state index is 12.7.